The number of ether oxygens (including phenoxy) is 2. The molecule has 0 spiro atoms. The summed E-state index contributed by atoms with van der Waals surface area (Å²) in [6, 6.07) is 11.9. The second-order valence-corrected chi connectivity index (χ2v) is 10.7. The molecule has 1 saturated heterocycles. The standard InChI is InChI=1S/C29H36ClN7O3/c1-19(2)37-12-10-36(11-13-37)14-15-40-21-8-9-23(25(16-21)39-4)33-29-31-17-22(30)27(34-29)32-24-7-5-6-20-18-35(3)28(38)26(20)24/h5-9,16-17,19H,10-15,18H2,1-4H3,(H2,31,32,33,34). The fourth-order valence-corrected chi connectivity index (χ4v) is 5.17. The molecule has 0 aliphatic carbocycles. The Balaban J connectivity index is 1.22. The molecule has 0 saturated carbocycles. The molecular formula is C29H36ClN7O3. The number of benzene rings is 2. The van der Waals surface area contributed by atoms with E-state index in [1.165, 1.54) is 6.20 Å². The fraction of sp³-hybridized carbons (Fsp3) is 0.414. The van der Waals surface area contributed by atoms with Crippen molar-refractivity contribution in [1.29, 1.82) is 0 Å². The molecule has 0 atom stereocenters. The van der Waals surface area contributed by atoms with Gasteiger partial charge in [-0.3, -0.25) is 14.6 Å². The molecule has 0 bridgehead atoms. The molecule has 5 rings (SSSR count). The van der Waals surface area contributed by atoms with Gasteiger partial charge in [-0.2, -0.15) is 4.98 Å². The Labute approximate surface area is 240 Å². The van der Waals surface area contributed by atoms with E-state index in [1.54, 1.807) is 19.1 Å². The topological polar surface area (TPSA) is 95.1 Å². The van der Waals surface area contributed by atoms with Crippen molar-refractivity contribution in [2.75, 3.05) is 64.1 Å². The number of halogens is 1. The number of hydrogen-bond acceptors (Lipinski definition) is 9. The second-order valence-electron chi connectivity index (χ2n) is 10.3. The normalized spacial score (nSPS) is 15.8. The number of amides is 1. The van der Waals surface area contributed by atoms with Crippen molar-refractivity contribution in [1.82, 2.24) is 24.7 Å². The predicted molar refractivity (Wildman–Crippen MR) is 157 cm³/mol. The number of carbonyl (C=O) groups excluding carboxylic acids is 1. The number of anilines is 4. The average molecular weight is 566 g/mol. The van der Waals surface area contributed by atoms with E-state index in [-0.39, 0.29) is 5.91 Å². The van der Waals surface area contributed by atoms with E-state index >= 15 is 0 Å². The van der Waals surface area contributed by atoms with Crippen LogP contribution in [-0.4, -0.2) is 90.1 Å². The molecule has 11 heteroatoms. The zero-order chi connectivity index (χ0) is 28.2. The van der Waals surface area contributed by atoms with Crippen molar-refractivity contribution in [2.24, 2.45) is 0 Å². The predicted octanol–water partition coefficient (Wildman–Crippen LogP) is 4.62. The quantitative estimate of drug-likeness (QED) is 0.365. The number of nitrogens with zero attached hydrogens (tertiary/aromatic N) is 5. The zero-order valence-corrected chi connectivity index (χ0v) is 24.2. The number of methoxy groups -OCH3 is 1. The van der Waals surface area contributed by atoms with E-state index in [9.17, 15) is 4.79 Å². The van der Waals surface area contributed by atoms with E-state index in [0.29, 0.717) is 58.7 Å². The van der Waals surface area contributed by atoms with Gasteiger partial charge < -0.3 is 25.0 Å². The highest BCUT2D eigenvalue weighted by molar-refractivity contribution is 6.33. The maximum absolute atomic E-state index is 12.7. The lowest BCUT2D eigenvalue weighted by Crippen LogP contribution is -2.49. The van der Waals surface area contributed by atoms with Crippen molar-refractivity contribution < 1.29 is 14.3 Å². The summed E-state index contributed by atoms with van der Waals surface area (Å²) < 4.78 is 11.6. The van der Waals surface area contributed by atoms with Gasteiger partial charge in [0.05, 0.1) is 30.2 Å². The lowest BCUT2D eigenvalue weighted by atomic mass is 10.1. The monoisotopic (exact) mass is 565 g/mol. The third-order valence-corrected chi connectivity index (χ3v) is 7.63. The van der Waals surface area contributed by atoms with Crippen LogP contribution in [0.3, 0.4) is 0 Å². The molecule has 1 fully saturated rings. The minimum absolute atomic E-state index is 0.0395. The Hall–Kier alpha value is -3.60. The molecular weight excluding hydrogens is 530 g/mol. The average Bonchev–Trinajstić information content (AvgIpc) is 3.25. The molecule has 0 radical (unpaired) electrons. The Morgan fingerprint density at radius 1 is 1.07 bits per heavy atom. The summed E-state index contributed by atoms with van der Waals surface area (Å²) in [5, 5.41) is 6.76. The van der Waals surface area contributed by atoms with Gasteiger partial charge in [-0.25, -0.2) is 4.98 Å². The third-order valence-electron chi connectivity index (χ3n) is 7.35. The van der Waals surface area contributed by atoms with Crippen LogP contribution in [0.1, 0.15) is 29.8 Å². The largest absolute Gasteiger partial charge is 0.494 e. The summed E-state index contributed by atoms with van der Waals surface area (Å²) in [6.45, 7) is 10.9. The van der Waals surface area contributed by atoms with Crippen LogP contribution in [0.25, 0.3) is 0 Å². The number of carbonyl (C=O) groups is 1. The number of rotatable bonds is 10. The summed E-state index contributed by atoms with van der Waals surface area (Å²) in [4.78, 5) is 28.2. The molecule has 10 nitrogen and oxygen atoms in total. The van der Waals surface area contributed by atoms with E-state index in [4.69, 9.17) is 21.1 Å². The van der Waals surface area contributed by atoms with Crippen LogP contribution >= 0.6 is 11.6 Å². The van der Waals surface area contributed by atoms with Crippen LogP contribution in [0.15, 0.2) is 42.6 Å². The fourth-order valence-electron chi connectivity index (χ4n) is 5.03. The van der Waals surface area contributed by atoms with Gasteiger partial charge in [0.2, 0.25) is 5.95 Å². The highest BCUT2D eigenvalue weighted by atomic mass is 35.5. The smallest absolute Gasteiger partial charge is 0.256 e. The highest BCUT2D eigenvalue weighted by Crippen LogP contribution is 2.34. The molecule has 1 aromatic heterocycles. The first-order valence-electron chi connectivity index (χ1n) is 13.5. The van der Waals surface area contributed by atoms with Crippen molar-refractivity contribution in [2.45, 2.75) is 26.4 Å². The molecule has 2 aromatic carbocycles. The van der Waals surface area contributed by atoms with Crippen molar-refractivity contribution >= 4 is 40.6 Å². The summed E-state index contributed by atoms with van der Waals surface area (Å²) >= 11 is 6.41. The van der Waals surface area contributed by atoms with Crippen molar-refractivity contribution in [3.8, 4) is 11.5 Å². The van der Waals surface area contributed by atoms with Gasteiger partial charge in [-0.05, 0) is 37.6 Å². The van der Waals surface area contributed by atoms with Crippen LogP contribution in [0, 0.1) is 0 Å². The minimum Gasteiger partial charge on any atom is -0.494 e. The van der Waals surface area contributed by atoms with Gasteiger partial charge in [0, 0.05) is 58.4 Å². The first-order valence-corrected chi connectivity index (χ1v) is 13.9. The molecule has 1 amide bonds. The molecule has 212 valence electrons. The Bertz CT molecular complexity index is 1360. The molecule has 2 aliphatic rings. The second kappa shape index (κ2) is 12.3. The van der Waals surface area contributed by atoms with Crippen molar-refractivity contribution in [3.63, 3.8) is 0 Å². The van der Waals surface area contributed by atoms with Crippen LogP contribution in [0.2, 0.25) is 5.02 Å². The van der Waals surface area contributed by atoms with E-state index < -0.39 is 0 Å². The summed E-state index contributed by atoms with van der Waals surface area (Å²) in [5.74, 6) is 2.02. The highest BCUT2D eigenvalue weighted by Gasteiger charge is 2.27. The number of nitrogens with one attached hydrogen (secondary N) is 2. The lowest BCUT2D eigenvalue weighted by Gasteiger charge is -2.36. The van der Waals surface area contributed by atoms with Crippen LogP contribution in [0.5, 0.6) is 11.5 Å². The maximum atomic E-state index is 12.7. The van der Waals surface area contributed by atoms with E-state index in [0.717, 1.165) is 44.0 Å². The lowest BCUT2D eigenvalue weighted by molar-refractivity contribution is 0.0817. The third kappa shape index (κ3) is 6.24. The maximum Gasteiger partial charge on any atom is 0.256 e. The Morgan fingerprint density at radius 2 is 1.88 bits per heavy atom. The van der Waals surface area contributed by atoms with Crippen LogP contribution < -0.4 is 20.1 Å². The first kappa shape index (κ1) is 27.9. The number of fused-ring (bicyclic) bond motifs is 1. The molecule has 2 aliphatic heterocycles. The molecule has 0 unspecified atom stereocenters. The van der Waals surface area contributed by atoms with Crippen LogP contribution in [0.4, 0.5) is 23.1 Å². The van der Waals surface area contributed by atoms with Gasteiger partial charge >= 0.3 is 0 Å². The molecule has 2 N–H and O–H groups in total. The minimum atomic E-state index is -0.0395. The number of hydrogen-bond donors (Lipinski definition) is 2. The zero-order valence-electron chi connectivity index (χ0n) is 23.4. The van der Waals surface area contributed by atoms with Gasteiger partial charge in [0.25, 0.3) is 5.91 Å². The molecule has 3 aromatic rings. The van der Waals surface area contributed by atoms with Gasteiger partial charge in [0.1, 0.15) is 23.1 Å². The van der Waals surface area contributed by atoms with Crippen LogP contribution in [-0.2, 0) is 6.54 Å². The molecule has 40 heavy (non-hydrogen) atoms. The Morgan fingerprint density at radius 3 is 2.62 bits per heavy atom. The summed E-state index contributed by atoms with van der Waals surface area (Å²) in [5.41, 5.74) is 2.93. The number of piperazine rings is 1. The summed E-state index contributed by atoms with van der Waals surface area (Å²) in [6.07, 6.45) is 1.52. The Kier molecular flexibility index (Phi) is 8.58. The SMILES string of the molecule is COc1cc(OCCN2CCN(C(C)C)CC2)ccc1Nc1ncc(Cl)c(Nc2cccc3c2C(=O)N(C)C3)n1. The van der Waals surface area contributed by atoms with Gasteiger partial charge in [-0.15, -0.1) is 0 Å². The van der Waals surface area contributed by atoms with Gasteiger partial charge in [-0.1, -0.05) is 23.7 Å². The van der Waals surface area contributed by atoms with Crippen molar-refractivity contribution in [3.05, 3.63) is 58.7 Å². The number of aromatic nitrogens is 2. The summed E-state index contributed by atoms with van der Waals surface area (Å²) in [7, 11) is 3.39. The first-order chi connectivity index (χ1) is 19.3. The molecule has 3 heterocycles. The van der Waals surface area contributed by atoms with E-state index in [1.807, 2.05) is 36.4 Å². The van der Waals surface area contributed by atoms with E-state index in [2.05, 4.69) is 44.2 Å². The van der Waals surface area contributed by atoms with Gasteiger partial charge in [0.15, 0.2) is 5.82 Å².